The molecule has 0 bridgehead atoms. The average molecular weight is 457 g/mol. The predicted molar refractivity (Wildman–Crippen MR) is 136 cm³/mol. The Balaban J connectivity index is 2.00. The molecule has 0 aliphatic carbocycles. The van der Waals surface area contributed by atoms with Crippen LogP contribution in [0.3, 0.4) is 0 Å². The molecule has 3 heterocycles. The van der Waals surface area contributed by atoms with E-state index in [1.54, 1.807) is 0 Å². The Hall–Kier alpha value is -1.82. The maximum Gasteiger partial charge on any atom is 0.138 e. The van der Waals surface area contributed by atoms with Crippen molar-refractivity contribution in [3.8, 4) is 0 Å². The average Bonchev–Trinajstić information content (AvgIpc) is 2.75. The predicted octanol–water partition coefficient (Wildman–Crippen LogP) is 6.82. The molecule has 0 saturated heterocycles. The quantitative estimate of drug-likeness (QED) is 0.251. The fourth-order valence-corrected chi connectivity index (χ4v) is 4.75. The van der Waals surface area contributed by atoms with Gasteiger partial charge in [-0.3, -0.25) is 8.80 Å². The SMILES string of the molecule is C=C(C)c1c(Cl)ncc2c1NC(CC)C=C2C1=CC(CC)C=CN1COCC[Si-](C)C. The van der Waals surface area contributed by atoms with Crippen LogP contribution in [0.25, 0.3) is 11.1 Å². The zero-order valence-electron chi connectivity index (χ0n) is 19.5. The molecule has 6 heteroatoms. The fourth-order valence-electron chi connectivity index (χ4n) is 3.89. The maximum atomic E-state index is 6.48. The Morgan fingerprint density at radius 2 is 2.06 bits per heavy atom. The van der Waals surface area contributed by atoms with E-state index in [0.717, 1.165) is 47.9 Å². The molecule has 2 aliphatic rings. The smallest absolute Gasteiger partial charge is 0.138 e. The Morgan fingerprint density at radius 1 is 1.29 bits per heavy atom. The van der Waals surface area contributed by atoms with Crippen molar-refractivity contribution in [3.63, 3.8) is 0 Å². The molecular formula is C25H35ClN3OSi-. The highest BCUT2D eigenvalue weighted by molar-refractivity contribution is 6.55. The van der Waals surface area contributed by atoms with Gasteiger partial charge in [-0.15, -0.1) is 0 Å². The van der Waals surface area contributed by atoms with E-state index in [1.165, 1.54) is 11.3 Å². The number of hydrogen-bond acceptors (Lipinski definition) is 4. The number of fused-ring (bicyclic) bond motifs is 1. The molecule has 0 spiro atoms. The van der Waals surface area contributed by atoms with Gasteiger partial charge in [-0.2, -0.15) is 19.1 Å². The van der Waals surface area contributed by atoms with Crippen LogP contribution in [0.2, 0.25) is 24.3 Å². The van der Waals surface area contributed by atoms with E-state index in [0.29, 0.717) is 17.8 Å². The normalized spacial score (nSPS) is 20.3. The Bertz CT molecular complexity index is 906. The Morgan fingerprint density at radius 3 is 2.71 bits per heavy atom. The molecular weight excluding hydrogens is 422 g/mol. The maximum absolute atomic E-state index is 6.48. The lowest BCUT2D eigenvalue weighted by Crippen LogP contribution is -2.29. The molecule has 0 amide bonds. The van der Waals surface area contributed by atoms with Crippen molar-refractivity contribution < 1.29 is 4.74 Å². The first-order valence-corrected chi connectivity index (χ1v) is 14.3. The third-order valence-corrected chi connectivity index (χ3v) is 7.30. The van der Waals surface area contributed by atoms with Crippen LogP contribution in [0, 0.1) is 5.92 Å². The number of nitrogens with zero attached hydrogens (tertiary/aromatic N) is 2. The summed E-state index contributed by atoms with van der Waals surface area (Å²) in [5.74, 6) is 0.410. The summed E-state index contributed by atoms with van der Waals surface area (Å²) >= 11 is 6.48. The first-order chi connectivity index (χ1) is 14.8. The van der Waals surface area contributed by atoms with Gasteiger partial charge in [-0.25, -0.2) is 4.98 Å². The number of hydrogen-bond donors (Lipinski definition) is 1. The molecule has 1 aromatic rings. The highest BCUT2D eigenvalue weighted by Crippen LogP contribution is 2.42. The zero-order valence-corrected chi connectivity index (χ0v) is 21.2. The van der Waals surface area contributed by atoms with Crippen LogP contribution in [0.1, 0.15) is 44.7 Å². The third kappa shape index (κ3) is 5.51. The molecule has 0 radical (unpaired) electrons. The lowest BCUT2D eigenvalue weighted by Gasteiger charge is -2.35. The van der Waals surface area contributed by atoms with E-state index in [2.05, 4.69) is 73.1 Å². The standard InChI is InChI=1S/C25H35ClN3OSi/c1-7-18-9-10-29(16-30-11-12-31(5)6)22(13-18)20-14-19(8-2)28-24-21(20)15-27-25(26)23(24)17(3)4/h9-10,13-15,18-19,28H,3,7-8,11-12,16H2,1-2,4-6H3/q-1. The van der Waals surface area contributed by atoms with Crippen LogP contribution in [-0.2, 0) is 4.74 Å². The number of anilines is 1. The number of halogens is 1. The molecule has 168 valence electrons. The summed E-state index contributed by atoms with van der Waals surface area (Å²) < 4.78 is 6.06. The van der Waals surface area contributed by atoms with Gasteiger partial charge in [-0.05, 0) is 31.3 Å². The molecule has 2 unspecified atom stereocenters. The molecule has 3 rings (SSSR count). The minimum Gasteiger partial charge on any atom is -0.378 e. The molecule has 0 fully saturated rings. The summed E-state index contributed by atoms with van der Waals surface area (Å²) in [5.41, 5.74) is 6.30. The second-order valence-corrected chi connectivity index (χ2v) is 11.9. The molecule has 1 aromatic heterocycles. The largest absolute Gasteiger partial charge is 0.378 e. The second kappa shape index (κ2) is 10.7. The summed E-state index contributed by atoms with van der Waals surface area (Å²) in [6.45, 7) is 16.6. The van der Waals surface area contributed by atoms with Gasteiger partial charge in [0, 0.05) is 47.4 Å². The van der Waals surface area contributed by atoms with Crippen molar-refractivity contribution in [3.05, 3.63) is 59.2 Å². The van der Waals surface area contributed by atoms with E-state index in [-0.39, 0.29) is 14.8 Å². The van der Waals surface area contributed by atoms with E-state index in [9.17, 15) is 0 Å². The van der Waals surface area contributed by atoms with Gasteiger partial charge in [0.1, 0.15) is 11.9 Å². The summed E-state index contributed by atoms with van der Waals surface area (Å²) in [4.78, 5) is 6.73. The van der Waals surface area contributed by atoms with Crippen LogP contribution in [0.5, 0.6) is 0 Å². The highest BCUT2D eigenvalue weighted by Gasteiger charge is 2.28. The molecule has 4 nitrogen and oxygen atoms in total. The number of nitrogens with one attached hydrogen (secondary N) is 1. The third-order valence-electron chi connectivity index (χ3n) is 5.81. The van der Waals surface area contributed by atoms with Crippen LogP contribution in [-0.4, -0.2) is 38.1 Å². The Labute approximate surface area is 194 Å². The van der Waals surface area contributed by atoms with Crippen molar-refractivity contribution in [2.24, 2.45) is 5.92 Å². The van der Waals surface area contributed by atoms with E-state index in [1.807, 2.05) is 13.1 Å². The first-order valence-electron chi connectivity index (χ1n) is 11.2. The van der Waals surface area contributed by atoms with Gasteiger partial charge in [0.05, 0.1) is 5.69 Å². The topological polar surface area (TPSA) is 37.4 Å². The molecule has 2 atom stereocenters. The Kier molecular flexibility index (Phi) is 8.20. The van der Waals surface area contributed by atoms with Crippen LogP contribution >= 0.6 is 11.6 Å². The van der Waals surface area contributed by atoms with E-state index >= 15 is 0 Å². The number of aromatic nitrogens is 1. The lowest BCUT2D eigenvalue weighted by molar-refractivity contribution is 0.0796. The number of rotatable bonds is 9. The number of pyridine rings is 1. The molecule has 31 heavy (non-hydrogen) atoms. The van der Waals surface area contributed by atoms with Crippen molar-refractivity contribution in [1.29, 1.82) is 0 Å². The molecule has 0 saturated carbocycles. The molecule has 0 aromatic carbocycles. The fraction of sp³-hybridized carbons (Fsp3) is 0.480. The second-order valence-electron chi connectivity index (χ2n) is 8.66. The van der Waals surface area contributed by atoms with Gasteiger partial charge in [-0.1, -0.05) is 50.3 Å². The molecule has 2 aliphatic heterocycles. The summed E-state index contributed by atoms with van der Waals surface area (Å²) in [6.07, 6.45) is 13.1. The minimum atomic E-state index is -0.275. The van der Waals surface area contributed by atoms with Crippen LogP contribution in [0.15, 0.2) is 42.9 Å². The monoisotopic (exact) mass is 456 g/mol. The van der Waals surface area contributed by atoms with Crippen molar-refractivity contribution in [2.45, 2.75) is 58.8 Å². The van der Waals surface area contributed by atoms with E-state index in [4.69, 9.17) is 16.3 Å². The van der Waals surface area contributed by atoms with Gasteiger partial charge >= 0.3 is 0 Å². The van der Waals surface area contributed by atoms with Crippen molar-refractivity contribution >= 4 is 37.2 Å². The summed E-state index contributed by atoms with van der Waals surface area (Å²) in [7, 11) is -0.275. The summed E-state index contributed by atoms with van der Waals surface area (Å²) in [6, 6.07) is 1.38. The van der Waals surface area contributed by atoms with Crippen molar-refractivity contribution in [2.75, 3.05) is 18.7 Å². The highest BCUT2D eigenvalue weighted by atomic mass is 35.5. The number of allylic oxidation sites excluding steroid dienone is 4. The van der Waals surface area contributed by atoms with Crippen LogP contribution < -0.4 is 5.32 Å². The summed E-state index contributed by atoms with van der Waals surface area (Å²) in [5, 5.41) is 4.15. The zero-order chi connectivity index (χ0) is 22.5. The first kappa shape index (κ1) is 23.8. The lowest BCUT2D eigenvalue weighted by atomic mass is 9.89. The van der Waals surface area contributed by atoms with Gasteiger partial charge in [0.25, 0.3) is 0 Å². The minimum absolute atomic E-state index is 0.221. The molecule has 1 N–H and O–H groups in total. The van der Waals surface area contributed by atoms with Gasteiger partial charge in [0.2, 0.25) is 0 Å². The van der Waals surface area contributed by atoms with Gasteiger partial charge in [0.15, 0.2) is 0 Å². The van der Waals surface area contributed by atoms with Crippen LogP contribution in [0.4, 0.5) is 5.69 Å². The van der Waals surface area contributed by atoms with Gasteiger partial charge < -0.3 is 15.0 Å². The van der Waals surface area contributed by atoms with Crippen molar-refractivity contribution in [1.82, 2.24) is 9.88 Å². The number of ether oxygens (including phenoxy) is 1. The van der Waals surface area contributed by atoms with E-state index < -0.39 is 0 Å².